The lowest BCUT2D eigenvalue weighted by molar-refractivity contribution is -0.156. The van der Waals surface area contributed by atoms with Crippen LogP contribution in [0.1, 0.15) is 63.0 Å². The molecule has 7 heteroatoms. The van der Waals surface area contributed by atoms with Crippen LogP contribution in [0.25, 0.3) is 11.1 Å². The molecule has 186 valence electrons. The Bertz CT molecular complexity index is 1050. The van der Waals surface area contributed by atoms with Crippen LogP contribution in [-0.4, -0.2) is 53.7 Å². The first kappa shape index (κ1) is 24.8. The van der Waals surface area contributed by atoms with Gasteiger partial charge in [0.15, 0.2) is 0 Å². The van der Waals surface area contributed by atoms with Crippen molar-refractivity contribution in [3.05, 3.63) is 59.7 Å². The van der Waals surface area contributed by atoms with Crippen molar-refractivity contribution < 1.29 is 24.2 Å². The molecule has 2 amide bonds. The Morgan fingerprint density at radius 3 is 2.29 bits per heavy atom. The van der Waals surface area contributed by atoms with Gasteiger partial charge in [-0.3, -0.25) is 9.59 Å². The van der Waals surface area contributed by atoms with Crippen molar-refractivity contribution >= 4 is 18.0 Å². The summed E-state index contributed by atoms with van der Waals surface area (Å²) in [4.78, 5) is 39.6. The average molecular weight is 479 g/mol. The second kappa shape index (κ2) is 10.5. The second-order valence-corrected chi connectivity index (χ2v) is 9.63. The van der Waals surface area contributed by atoms with Gasteiger partial charge in [0, 0.05) is 19.0 Å². The molecule has 2 aromatic rings. The molecular weight excluding hydrogens is 444 g/mol. The van der Waals surface area contributed by atoms with Gasteiger partial charge in [0.1, 0.15) is 12.6 Å². The molecule has 2 unspecified atom stereocenters. The fourth-order valence-electron chi connectivity index (χ4n) is 5.63. The predicted molar refractivity (Wildman–Crippen MR) is 133 cm³/mol. The summed E-state index contributed by atoms with van der Waals surface area (Å²) in [6.45, 7) is 4.64. The quantitative estimate of drug-likeness (QED) is 0.568. The number of nitrogens with one attached hydrogen (secondary N) is 1. The fraction of sp³-hybridized carbons (Fsp3) is 0.464. The van der Waals surface area contributed by atoms with E-state index in [0.717, 1.165) is 28.7 Å². The summed E-state index contributed by atoms with van der Waals surface area (Å²) < 4.78 is 5.61. The third kappa shape index (κ3) is 4.90. The summed E-state index contributed by atoms with van der Waals surface area (Å²) in [5.74, 6) is -1.16. The topological polar surface area (TPSA) is 95.9 Å². The van der Waals surface area contributed by atoms with E-state index < -0.39 is 23.5 Å². The predicted octanol–water partition coefficient (Wildman–Crippen LogP) is 4.80. The zero-order valence-electron chi connectivity index (χ0n) is 20.5. The van der Waals surface area contributed by atoms with E-state index in [1.54, 1.807) is 4.90 Å². The number of carbonyl (C=O) groups excluding carboxylic acids is 2. The number of hydrogen-bond donors (Lipinski definition) is 2. The van der Waals surface area contributed by atoms with Crippen molar-refractivity contribution in [2.75, 3.05) is 19.7 Å². The van der Waals surface area contributed by atoms with Crippen LogP contribution >= 0.6 is 0 Å². The number of carboxylic acid groups (broad SMARTS) is 1. The number of alkyl carbamates (subject to hydrolysis) is 1. The number of likely N-dealkylation sites (tertiary alicyclic amines) is 1. The molecule has 2 atom stereocenters. The number of nitrogens with zero attached hydrogens (tertiary/aromatic N) is 1. The number of fused-ring (bicyclic) bond motifs is 3. The van der Waals surface area contributed by atoms with E-state index in [-0.39, 0.29) is 25.0 Å². The number of benzene rings is 2. The minimum atomic E-state index is -0.912. The smallest absolute Gasteiger partial charge is 0.407 e. The highest BCUT2D eigenvalue weighted by Crippen LogP contribution is 2.44. The number of carbonyl (C=O) groups is 3. The van der Waals surface area contributed by atoms with Crippen LogP contribution < -0.4 is 5.32 Å². The maximum Gasteiger partial charge on any atom is 0.407 e. The molecule has 0 bridgehead atoms. The number of aliphatic carboxylic acids is 1. The van der Waals surface area contributed by atoms with Crippen LogP contribution in [0.2, 0.25) is 0 Å². The molecular formula is C28H34N2O5. The summed E-state index contributed by atoms with van der Waals surface area (Å²) >= 11 is 0. The molecule has 35 heavy (non-hydrogen) atoms. The number of amides is 2. The normalized spacial score (nSPS) is 20.0. The van der Waals surface area contributed by atoms with Crippen molar-refractivity contribution in [3.8, 4) is 11.1 Å². The molecule has 0 radical (unpaired) electrons. The number of piperidine rings is 1. The van der Waals surface area contributed by atoms with Gasteiger partial charge in [0.05, 0.1) is 5.41 Å². The largest absolute Gasteiger partial charge is 0.481 e. The molecule has 1 aliphatic heterocycles. The molecule has 2 aliphatic rings. The Morgan fingerprint density at radius 2 is 1.71 bits per heavy atom. The van der Waals surface area contributed by atoms with E-state index in [1.165, 1.54) is 0 Å². The van der Waals surface area contributed by atoms with E-state index in [9.17, 15) is 19.5 Å². The number of rotatable bonds is 8. The van der Waals surface area contributed by atoms with Crippen molar-refractivity contribution in [3.63, 3.8) is 0 Å². The van der Waals surface area contributed by atoms with Crippen LogP contribution in [0.4, 0.5) is 4.79 Å². The molecule has 0 aromatic heterocycles. The van der Waals surface area contributed by atoms with E-state index in [2.05, 4.69) is 29.6 Å². The van der Waals surface area contributed by atoms with Gasteiger partial charge in [-0.25, -0.2) is 4.79 Å². The van der Waals surface area contributed by atoms with E-state index in [4.69, 9.17) is 4.74 Å². The van der Waals surface area contributed by atoms with Crippen molar-refractivity contribution in [1.82, 2.24) is 10.2 Å². The van der Waals surface area contributed by atoms with Crippen LogP contribution in [0, 0.1) is 5.41 Å². The molecule has 0 saturated carbocycles. The van der Waals surface area contributed by atoms with Gasteiger partial charge in [-0.15, -0.1) is 0 Å². The molecule has 2 aromatic carbocycles. The number of carboxylic acids is 1. The minimum Gasteiger partial charge on any atom is -0.481 e. The first-order valence-electron chi connectivity index (χ1n) is 12.5. The maximum atomic E-state index is 13.2. The maximum absolute atomic E-state index is 13.2. The third-order valence-electron chi connectivity index (χ3n) is 7.41. The van der Waals surface area contributed by atoms with Crippen molar-refractivity contribution in [2.45, 2.75) is 57.9 Å². The highest BCUT2D eigenvalue weighted by Gasteiger charge is 2.43. The molecule has 1 aliphatic carbocycles. The Labute approximate surface area is 206 Å². The van der Waals surface area contributed by atoms with Gasteiger partial charge in [0.2, 0.25) is 5.91 Å². The number of ether oxygens (including phenoxy) is 1. The molecule has 4 rings (SSSR count). The van der Waals surface area contributed by atoms with Gasteiger partial charge in [-0.05, 0) is 47.9 Å². The van der Waals surface area contributed by atoms with Gasteiger partial charge in [-0.1, -0.05) is 68.8 Å². The van der Waals surface area contributed by atoms with Crippen molar-refractivity contribution in [2.24, 2.45) is 5.41 Å². The standard InChI is InChI=1S/C28H34N2O5/c1-3-14-28(26(32)33)15-9-16-30(18-28)25(31)24(4-2)29-27(34)35-17-23-21-12-7-5-10-19(21)20-11-6-8-13-22(20)23/h5-8,10-13,23-24H,3-4,9,14-18H2,1-2H3,(H,29,34)(H,32,33). The first-order chi connectivity index (χ1) is 16.9. The zero-order valence-corrected chi connectivity index (χ0v) is 20.5. The second-order valence-electron chi connectivity index (χ2n) is 9.63. The Morgan fingerprint density at radius 1 is 1.09 bits per heavy atom. The highest BCUT2D eigenvalue weighted by molar-refractivity contribution is 5.87. The van der Waals surface area contributed by atoms with Gasteiger partial charge in [0.25, 0.3) is 0 Å². The molecule has 1 heterocycles. The molecule has 1 saturated heterocycles. The lowest BCUT2D eigenvalue weighted by Gasteiger charge is -2.41. The Hall–Kier alpha value is -3.35. The van der Waals surface area contributed by atoms with Crippen LogP contribution in [-0.2, 0) is 14.3 Å². The van der Waals surface area contributed by atoms with Crippen molar-refractivity contribution in [1.29, 1.82) is 0 Å². The monoisotopic (exact) mass is 478 g/mol. The van der Waals surface area contributed by atoms with E-state index >= 15 is 0 Å². The molecule has 1 fully saturated rings. The number of hydrogen-bond acceptors (Lipinski definition) is 4. The Kier molecular flexibility index (Phi) is 7.43. The summed E-state index contributed by atoms with van der Waals surface area (Å²) in [5, 5.41) is 12.6. The van der Waals surface area contributed by atoms with Gasteiger partial charge >= 0.3 is 12.1 Å². The van der Waals surface area contributed by atoms with Crippen LogP contribution in [0.3, 0.4) is 0 Å². The zero-order chi connectivity index (χ0) is 25.0. The molecule has 0 spiro atoms. The fourth-order valence-corrected chi connectivity index (χ4v) is 5.63. The van der Waals surface area contributed by atoms with Gasteiger partial charge in [-0.2, -0.15) is 0 Å². The van der Waals surface area contributed by atoms with Crippen LogP contribution in [0.15, 0.2) is 48.5 Å². The summed E-state index contributed by atoms with van der Waals surface area (Å²) in [5.41, 5.74) is 3.64. The van der Waals surface area contributed by atoms with Crippen LogP contribution in [0.5, 0.6) is 0 Å². The summed E-state index contributed by atoms with van der Waals surface area (Å²) in [6.07, 6.45) is 2.23. The molecule has 2 N–H and O–H groups in total. The first-order valence-corrected chi connectivity index (χ1v) is 12.5. The average Bonchev–Trinajstić information content (AvgIpc) is 3.19. The third-order valence-corrected chi connectivity index (χ3v) is 7.41. The van der Waals surface area contributed by atoms with E-state index in [1.807, 2.05) is 38.1 Å². The molecule has 7 nitrogen and oxygen atoms in total. The lowest BCUT2D eigenvalue weighted by atomic mass is 9.76. The van der Waals surface area contributed by atoms with Gasteiger partial charge < -0.3 is 20.1 Å². The summed E-state index contributed by atoms with van der Waals surface area (Å²) in [7, 11) is 0. The van der Waals surface area contributed by atoms with E-state index in [0.29, 0.717) is 32.2 Å². The Balaban J connectivity index is 1.39. The lowest BCUT2D eigenvalue weighted by Crippen LogP contribution is -2.55. The minimum absolute atomic E-state index is 0.0590. The summed E-state index contributed by atoms with van der Waals surface area (Å²) in [6, 6.07) is 15.5. The SMILES string of the molecule is CCCC1(C(=O)O)CCCN(C(=O)C(CC)NC(=O)OCC2c3ccccc3-c3ccccc32)C1. The highest BCUT2D eigenvalue weighted by atomic mass is 16.5.